The van der Waals surface area contributed by atoms with Gasteiger partial charge in [-0.1, -0.05) is 18.2 Å². The summed E-state index contributed by atoms with van der Waals surface area (Å²) in [7, 11) is 2.01. The van der Waals surface area contributed by atoms with Crippen LogP contribution in [0.1, 0.15) is 36.6 Å². The highest BCUT2D eigenvalue weighted by molar-refractivity contribution is 5.31. The van der Waals surface area contributed by atoms with Crippen molar-refractivity contribution in [2.24, 2.45) is 0 Å². The molecular formula is C18H22N2O. The van der Waals surface area contributed by atoms with Crippen LogP contribution in [0.25, 0.3) is 0 Å². The fraction of sp³-hybridized carbons (Fsp3) is 0.389. The Labute approximate surface area is 126 Å². The molecule has 3 rings (SSSR count). The molecule has 3 nitrogen and oxygen atoms in total. The van der Waals surface area contributed by atoms with E-state index in [2.05, 4.69) is 34.6 Å². The van der Waals surface area contributed by atoms with E-state index in [0.29, 0.717) is 12.1 Å². The largest absolute Gasteiger partial charge is 0.490 e. The molecule has 1 aromatic carbocycles. The summed E-state index contributed by atoms with van der Waals surface area (Å²) in [6.07, 6.45) is 6.69. The molecule has 1 N–H and O–H groups in total. The first-order valence-corrected chi connectivity index (χ1v) is 7.69. The molecule has 1 aliphatic rings. The van der Waals surface area contributed by atoms with Crippen LogP contribution in [-0.4, -0.2) is 18.1 Å². The normalized spacial score (nSPS) is 15.7. The predicted octanol–water partition coefficient (Wildman–Crippen LogP) is 3.52. The van der Waals surface area contributed by atoms with Crippen molar-refractivity contribution < 1.29 is 4.74 Å². The molecule has 1 saturated carbocycles. The number of hydrogen-bond donors (Lipinski definition) is 1. The zero-order valence-electron chi connectivity index (χ0n) is 12.5. The van der Waals surface area contributed by atoms with Gasteiger partial charge in [-0.2, -0.15) is 0 Å². The van der Waals surface area contributed by atoms with Gasteiger partial charge in [-0.15, -0.1) is 0 Å². The molecule has 110 valence electrons. The quantitative estimate of drug-likeness (QED) is 0.843. The third-order valence-corrected chi connectivity index (χ3v) is 3.85. The molecule has 3 heteroatoms. The standard InChI is InChI=1S/C18H22N2O/c1-19-18(11-8-15-6-2-3-12-20-15)14-5-4-7-17(13-14)21-16-9-10-16/h2-7,12-13,16,18-19H,8-11H2,1H3. The Morgan fingerprint density at radius 3 is 2.86 bits per heavy atom. The zero-order valence-corrected chi connectivity index (χ0v) is 12.5. The van der Waals surface area contributed by atoms with Crippen LogP contribution in [0.5, 0.6) is 5.75 Å². The molecule has 0 spiro atoms. The van der Waals surface area contributed by atoms with Crippen LogP contribution in [0.4, 0.5) is 0 Å². The van der Waals surface area contributed by atoms with Crippen molar-refractivity contribution in [1.29, 1.82) is 0 Å². The van der Waals surface area contributed by atoms with Crippen molar-refractivity contribution in [2.45, 2.75) is 37.8 Å². The third-order valence-electron chi connectivity index (χ3n) is 3.85. The van der Waals surface area contributed by atoms with Gasteiger partial charge in [0.25, 0.3) is 0 Å². The minimum Gasteiger partial charge on any atom is -0.490 e. The second kappa shape index (κ2) is 6.72. The fourth-order valence-corrected chi connectivity index (χ4v) is 2.50. The van der Waals surface area contributed by atoms with Gasteiger partial charge in [0.1, 0.15) is 5.75 Å². The molecule has 0 amide bonds. The number of ether oxygens (including phenoxy) is 1. The summed E-state index contributed by atoms with van der Waals surface area (Å²) in [5.41, 5.74) is 2.43. The van der Waals surface area contributed by atoms with Crippen LogP contribution >= 0.6 is 0 Å². The van der Waals surface area contributed by atoms with Crippen molar-refractivity contribution in [2.75, 3.05) is 7.05 Å². The second-order valence-corrected chi connectivity index (χ2v) is 5.59. The van der Waals surface area contributed by atoms with E-state index in [0.717, 1.165) is 24.3 Å². The first kappa shape index (κ1) is 14.1. The van der Waals surface area contributed by atoms with Crippen LogP contribution in [0.3, 0.4) is 0 Å². The minimum atomic E-state index is 0.328. The Morgan fingerprint density at radius 2 is 2.14 bits per heavy atom. The lowest BCUT2D eigenvalue weighted by molar-refractivity contribution is 0.302. The van der Waals surface area contributed by atoms with E-state index in [1.165, 1.54) is 18.4 Å². The van der Waals surface area contributed by atoms with Crippen LogP contribution in [0.2, 0.25) is 0 Å². The molecular weight excluding hydrogens is 260 g/mol. The fourth-order valence-electron chi connectivity index (χ4n) is 2.50. The van der Waals surface area contributed by atoms with Crippen molar-refractivity contribution in [3.05, 3.63) is 59.9 Å². The predicted molar refractivity (Wildman–Crippen MR) is 84.5 cm³/mol. The highest BCUT2D eigenvalue weighted by Crippen LogP contribution is 2.29. The molecule has 0 saturated heterocycles. The maximum Gasteiger partial charge on any atom is 0.120 e. The average Bonchev–Trinajstić information content (AvgIpc) is 3.33. The van der Waals surface area contributed by atoms with E-state index < -0.39 is 0 Å². The third kappa shape index (κ3) is 4.05. The number of rotatable bonds is 7. The van der Waals surface area contributed by atoms with Crippen molar-refractivity contribution in [3.8, 4) is 5.75 Å². The Balaban J connectivity index is 1.64. The molecule has 1 heterocycles. The molecule has 1 fully saturated rings. The lowest BCUT2D eigenvalue weighted by atomic mass is 10.0. The van der Waals surface area contributed by atoms with Crippen LogP contribution in [-0.2, 0) is 6.42 Å². The number of aryl methyl sites for hydroxylation is 1. The molecule has 1 atom stereocenters. The lowest BCUT2D eigenvalue weighted by Crippen LogP contribution is -2.17. The first-order valence-electron chi connectivity index (χ1n) is 7.69. The summed E-state index contributed by atoms with van der Waals surface area (Å²) < 4.78 is 5.88. The Hall–Kier alpha value is -1.87. The van der Waals surface area contributed by atoms with Crippen molar-refractivity contribution in [3.63, 3.8) is 0 Å². The topological polar surface area (TPSA) is 34.2 Å². The van der Waals surface area contributed by atoms with Crippen LogP contribution in [0, 0.1) is 0 Å². The second-order valence-electron chi connectivity index (χ2n) is 5.59. The van der Waals surface area contributed by atoms with E-state index in [4.69, 9.17) is 4.74 Å². The molecule has 0 bridgehead atoms. The summed E-state index contributed by atoms with van der Waals surface area (Å²) in [5, 5.41) is 3.40. The van der Waals surface area contributed by atoms with Gasteiger partial charge >= 0.3 is 0 Å². The molecule has 21 heavy (non-hydrogen) atoms. The average molecular weight is 282 g/mol. The van der Waals surface area contributed by atoms with E-state index in [9.17, 15) is 0 Å². The maximum atomic E-state index is 5.88. The Morgan fingerprint density at radius 1 is 1.24 bits per heavy atom. The number of pyridine rings is 1. The van der Waals surface area contributed by atoms with Gasteiger partial charge < -0.3 is 10.1 Å². The smallest absolute Gasteiger partial charge is 0.120 e. The van der Waals surface area contributed by atoms with Gasteiger partial charge in [0.05, 0.1) is 6.10 Å². The summed E-state index contributed by atoms with van der Waals surface area (Å²) in [4.78, 5) is 4.39. The Kier molecular flexibility index (Phi) is 4.51. The molecule has 2 aromatic rings. The zero-order chi connectivity index (χ0) is 14.5. The maximum absolute atomic E-state index is 5.88. The van der Waals surface area contributed by atoms with Crippen molar-refractivity contribution in [1.82, 2.24) is 10.3 Å². The number of nitrogens with one attached hydrogen (secondary N) is 1. The summed E-state index contributed by atoms with van der Waals surface area (Å²) in [6, 6.07) is 14.9. The minimum absolute atomic E-state index is 0.328. The summed E-state index contributed by atoms with van der Waals surface area (Å²) in [5.74, 6) is 0.994. The molecule has 1 unspecified atom stereocenters. The highest BCUT2D eigenvalue weighted by Gasteiger charge is 2.23. The van der Waals surface area contributed by atoms with Gasteiger partial charge in [0.2, 0.25) is 0 Å². The number of hydrogen-bond acceptors (Lipinski definition) is 3. The molecule has 1 aromatic heterocycles. The highest BCUT2D eigenvalue weighted by atomic mass is 16.5. The SMILES string of the molecule is CNC(CCc1ccccn1)c1cccc(OC2CC2)c1. The Bertz CT molecular complexity index is 566. The van der Waals surface area contributed by atoms with E-state index in [1.807, 2.05) is 31.4 Å². The summed E-state index contributed by atoms with van der Waals surface area (Å²) >= 11 is 0. The summed E-state index contributed by atoms with van der Waals surface area (Å²) in [6.45, 7) is 0. The van der Waals surface area contributed by atoms with Crippen LogP contribution < -0.4 is 10.1 Å². The number of aromatic nitrogens is 1. The monoisotopic (exact) mass is 282 g/mol. The van der Waals surface area contributed by atoms with Gasteiger partial charge in [-0.05, 0) is 62.6 Å². The van der Waals surface area contributed by atoms with Gasteiger partial charge in [-0.25, -0.2) is 0 Å². The van der Waals surface area contributed by atoms with Crippen molar-refractivity contribution >= 4 is 0 Å². The van der Waals surface area contributed by atoms with E-state index >= 15 is 0 Å². The molecule has 0 aliphatic heterocycles. The number of nitrogens with zero attached hydrogens (tertiary/aromatic N) is 1. The lowest BCUT2D eigenvalue weighted by Gasteiger charge is -2.17. The van der Waals surface area contributed by atoms with Crippen LogP contribution in [0.15, 0.2) is 48.7 Å². The van der Waals surface area contributed by atoms with E-state index in [-0.39, 0.29) is 0 Å². The van der Waals surface area contributed by atoms with Gasteiger partial charge in [0.15, 0.2) is 0 Å². The van der Waals surface area contributed by atoms with Gasteiger partial charge in [-0.3, -0.25) is 4.98 Å². The first-order chi connectivity index (χ1) is 10.3. The molecule has 1 aliphatic carbocycles. The van der Waals surface area contributed by atoms with E-state index in [1.54, 1.807) is 0 Å². The molecule has 0 radical (unpaired) electrons. The van der Waals surface area contributed by atoms with Gasteiger partial charge in [0, 0.05) is 17.9 Å². The number of benzene rings is 1.